The maximum Gasteiger partial charge on any atom is 0.251 e. The maximum atomic E-state index is 13.1. The number of halogens is 1. The lowest BCUT2D eigenvalue weighted by Crippen LogP contribution is -2.38. The van der Waals surface area contributed by atoms with Gasteiger partial charge in [0, 0.05) is 11.6 Å². The molecule has 1 unspecified atom stereocenters. The SMILES string of the molecule is CC.N#Cc1ccc2c(c1)CCC(NC(=O)c1ccc(-c3ccc(F)cc3)cc1)C2. The van der Waals surface area contributed by atoms with E-state index >= 15 is 0 Å². The zero-order valence-electron chi connectivity index (χ0n) is 17.3. The monoisotopic (exact) mass is 400 g/mol. The standard InChI is InChI=1S/C24H19FN2O.C2H6/c25-22-10-7-18(8-11-22)17-3-5-19(6-4-17)24(28)27-23-12-9-20-13-16(15-26)1-2-21(20)14-23;1-2/h1-8,10-11,13,23H,9,12,14H2,(H,27,28);1-2H3. The predicted octanol–water partition coefficient (Wildman–Crippen LogP) is 5.68. The molecule has 1 aliphatic carbocycles. The van der Waals surface area contributed by atoms with E-state index in [0.717, 1.165) is 30.4 Å². The lowest BCUT2D eigenvalue weighted by Gasteiger charge is -2.25. The fourth-order valence-electron chi connectivity index (χ4n) is 3.67. The van der Waals surface area contributed by atoms with Crippen LogP contribution in [-0.4, -0.2) is 11.9 Å². The van der Waals surface area contributed by atoms with Crippen molar-refractivity contribution in [2.45, 2.75) is 39.2 Å². The molecule has 30 heavy (non-hydrogen) atoms. The number of hydrogen-bond donors (Lipinski definition) is 1. The normalized spacial score (nSPS) is 14.5. The van der Waals surface area contributed by atoms with Gasteiger partial charge in [0.1, 0.15) is 5.82 Å². The molecule has 3 aromatic rings. The highest BCUT2D eigenvalue weighted by Gasteiger charge is 2.21. The zero-order chi connectivity index (χ0) is 21.5. The van der Waals surface area contributed by atoms with Gasteiger partial charge in [0.05, 0.1) is 11.6 Å². The van der Waals surface area contributed by atoms with Gasteiger partial charge < -0.3 is 5.32 Å². The van der Waals surface area contributed by atoms with E-state index in [1.165, 1.54) is 23.3 Å². The summed E-state index contributed by atoms with van der Waals surface area (Å²) in [5.74, 6) is -0.356. The Hall–Kier alpha value is -3.45. The van der Waals surface area contributed by atoms with Crippen LogP contribution in [-0.2, 0) is 12.8 Å². The smallest absolute Gasteiger partial charge is 0.251 e. The number of rotatable bonds is 3. The molecule has 3 aromatic carbocycles. The number of aryl methyl sites for hydroxylation is 1. The molecule has 0 fully saturated rings. The Morgan fingerprint density at radius 1 is 0.967 bits per heavy atom. The molecular weight excluding hydrogens is 375 g/mol. The van der Waals surface area contributed by atoms with Crippen LogP contribution in [0.3, 0.4) is 0 Å². The summed E-state index contributed by atoms with van der Waals surface area (Å²) in [5.41, 5.74) is 5.54. The van der Waals surface area contributed by atoms with Crippen molar-refractivity contribution in [2.24, 2.45) is 0 Å². The Balaban J connectivity index is 0.00000124. The maximum absolute atomic E-state index is 13.1. The highest BCUT2D eigenvalue weighted by molar-refractivity contribution is 5.94. The first-order valence-electron chi connectivity index (χ1n) is 10.3. The summed E-state index contributed by atoms with van der Waals surface area (Å²) in [6.07, 6.45) is 2.50. The van der Waals surface area contributed by atoms with Crippen LogP contribution in [0, 0.1) is 17.1 Å². The van der Waals surface area contributed by atoms with E-state index in [-0.39, 0.29) is 17.8 Å². The van der Waals surface area contributed by atoms with Gasteiger partial charge in [-0.05, 0) is 77.9 Å². The number of benzene rings is 3. The minimum atomic E-state index is -0.266. The molecule has 0 radical (unpaired) electrons. The second-order valence-electron chi connectivity index (χ2n) is 7.09. The summed E-state index contributed by atoms with van der Waals surface area (Å²) in [4.78, 5) is 12.6. The summed E-state index contributed by atoms with van der Waals surface area (Å²) in [6, 6.07) is 21.7. The molecule has 0 spiro atoms. The minimum absolute atomic E-state index is 0.0877. The van der Waals surface area contributed by atoms with Crippen molar-refractivity contribution in [1.29, 1.82) is 5.26 Å². The third-order valence-corrected chi connectivity index (χ3v) is 5.22. The van der Waals surface area contributed by atoms with Gasteiger partial charge >= 0.3 is 0 Å². The quantitative estimate of drug-likeness (QED) is 0.615. The van der Waals surface area contributed by atoms with Crippen molar-refractivity contribution >= 4 is 5.91 Å². The average molecular weight is 400 g/mol. The number of nitrogens with one attached hydrogen (secondary N) is 1. The van der Waals surface area contributed by atoms with E-state index in [0.29, 0.717) is 11.1 Å². The third kappa shape index (κ3) is 4.93. The minimum Gasteiger partial charge on any atom is -0.349 e. The number of nitrogens with zero attached hydrogens (tertiary/aromatic N) is 1. The Labute approximate surface area is 177 Å². The molecule has 0 heterocycles. The van der Waals surface area contributed by atoms with Gasteiger partial charge in [-0.25, -0.2) is 4.39 Å². The van der Waals surface area contributed by atoms with E-state index < -0.39 is 0 Å². The van der Waals surface area contributed by atoms with Crippen LogP contribution in [0.2, 0.25) is 0 Å². The number of hydrogen-bond acceptors (Lipinski definition) is 2. The molecule has 0 saturated carbocycles. The van der Waals surface area contributed by atoms with Crippen molar-refractivity contribution in [3.63, 3.8) is 0 Å². The molecule has 152 valence electrons. The molecule has 3 nitrogen and oxygen atoms in total. The van der Waals surface area contributed by atoms with Crippen LogP contribution in [0.4, 0.5) is 4.39 Å². The Bertz CT molecular complexity index is 1050. The lowest BCUT2D eigenvalue weighted by molar-refractivity contribution is 0.0933. The molecule has 4 rings (SSSR count). The van der Waals surface area contributed by atoms with E-state index in [4.69, 9.17) is 5.26 Å². The summed E-state index contributed by atoms with van der Waals surface area (Å²) >= 11 is 0. The summed E-state index contributed by atoms with van der Waals surface area (Å²) < 4.78 is 13.1. The molecule has 1 N–H and O–H groups in total. The predicted molar refractivity (Wildman–Crippen MR) is 118 cm³/mol. The largest absolute Gasteiger partial charge is 0.349 e. The molecule has 1 aliphatic rings. The van der Waals surface area contributed by atoms with Crippen molar-refractivity contribution < 1.29 is 9.18 Å². The Kier molecular flexibility index (Phi) is 6.98. The van der Waals surface area contributed by atoms with Crippen LogP contribution >= 0.6 is 0 Å². The first-order chi connectivity index (χ1) is 14.6. The summed E-state index contributed by atoms with van der Waals surface area (Å²) in [7, 11) is 0. The summed E-state index contributed by atoms with van der Waals surface area (Å²) in [5, 5.41) is 12.1. The molecule has 0 saturated heterocycles. The number of nitriles is 1. The second-order valence-corrected chi connectivity index (χ2v) is 7.09. The number of amides is 1. The molecule has 0 aliphatic heterocycles. The molecule has 0 aromatic heterocycles. The van der Waals surface area contributed by atoms with Gasteiger partial charge in [-0.2, -0.15) is 5.26 Å². The van der Waals surface area contributed by atoms with Crippen molar-refractivity contribution in [2.75, 3.05) is 0 Å². The highest BCUT2D eigenvalue weighted by atomic mass is 19.1. The van der Waals surface area contributed by atoms with Crippen LogP contribution in [0.15, 0.2) is 66.7 Å². The van der Waals surface area contributed by atoms with Crippen LogP contribution in [0.5, 0.6) is 0 Å². The van der Waals surface area contributed by atoms with Gasteiger partial charge in [-0.3, -0.25) is 4.79 Å². The fraction of sp³-hybridized carbons (Fsp3) is 0.231. The first-order valence-corrected chi connectivity index (χ1v) is 10.3. The number of carbonyl (C=O) groups excluding carboxylic acids is 1. The molecule has 1 atom stereocenters. The second kappa shape index (κ2) is 9.84. The first kappa shape index (κ1) is 21.3. The Morgan fingerprint density at radius 3 is 2.23 bits per heavy atom. The van der Waals surface area contributed by atoms with Crippen LogP contribution in [0.1, 0.15) is 47.3 Å². The fourth-order valence-corrected chi connectivity index (χ4v) is 3.67. The molecule has 0 bridgehead atoms. The van der Waals surface area contributed by atoms with E-state index in [1.807, 2.05) is 44.2 Å². The lowest BCUT2D eigenvalue weighted by atomic mass is 9.87. The van der Waals surface area contributed by atoms with Crippen molar-refractivity contribution in [1.82, 2.24) is 5.32 Å². The molecule has 4 heteroatoms. The van der Waals surface area contributed by atoms with Gasteiger partial charge in [-0.1, -0.05) is 44.2 Å². The van der Waals surface area contributed by atoms with E-state index in [9.17, 15) is 9.18 Å². The van der Waals surface area contributed by atoms with Crippen molar-refractivity contribution in [3.05, 3.63) is 94.8 Å². The Morgan fingerprint density at radius 2 is 1.60 bits per heavy atom. The zero-order valence-corrected chi connectivity index (χ0v) is 17.3. The van der Waals surface area contributed by atoms with E-state index in [2.05, 4.69) is 11.4 Å². The van der Waals surface area contributed by atoms with Gasteiger partial charge in [0.25, 0.3) is 5.91 Å². The van der Waals surface area contributed by atoms with Crippen molar-refractivity contribution in [3.8, 4) is 17.2 Å². The average Bonchev–Trinajstić information content (AvgIpc) is 2.80. The van der Waals surface area contributed by atoms with Gasteiger partial charge in [0.15, 0.2) is 0 Å². The molecular formula is C26H25FN2O. The van der Waals surface area contributed by atoms with E-state index in [1.54, 1.807) is 24.3 Å². The third-order valence-electron chi connectivity index (χ3n) is 5.22. The molecule has 1 amide bonds. The van der Waals surface area contributed by atoms with Crippen LogP contribution in [0.25, 0.3) is 11.1 Å². The van der Waals surface area contributed by atoms with Gasteiger partial charge in [0.2, 0.25) is 0 Å². The summed E-state index contributed by atoms with van der Waals surface area (Å²) in [6.45, 7) is 4.00. The van der Waals surface area contributed by atoms with Gasteiger partial charge in [-0.15, -0.1) is 0 Å². The van der Waals surface area contributed by atoms with Crippen LogP contribution < -0.4 is 5.32 Å². The number of carbonyl (C=O) groups is 1. The topological polar surface area (TPSA) is 52.9 Å². The number of fused-ring (bicyclic) bond motifs is 1. The highest BCUT2D eigenvalue weighted by Crippen LogP contribution is 2.24.